The Morgan fingerprint density at radius 3 is 2.67 bits per heavy atom. The van der Waals surface area contributed by atoms with E-state index in [-0.39, 0.29) is 23.9 Å². The number of anilines is 1. The first kappa shape index (κ1) is 21.7. The Morgan fingerprint density at radius 2 is 1.97 bits per heavy atom. The van der Waals surface area contributed by atoms with Gasteiger partial charge in [0, 0.05) is 12.2 Å². The van der Waals surface area contributed by atoms with Crippen LogP contribution in [0.2, 0.25) is 0 Å². The van der Waals surface area contributed by atoms with Crippen molar-refractivity contribution in [2.45, 2.75) is 47.1 Å². The van der Waals surface area contributed by atoms with Crippen molar-refractivity contribution in [1.29, 1.82) is 0 Å². The van der Waals surface area contributed by atoms with E-state index in [0.29, 0.717) is 27.2 Å². The number of nitrogens with zero attached hydrogens (tertiary/aromatic N) is 2. The van der Waals surface area contributed by atoms with Crippen LogP contribution in [0.3, 0.4) is 0 Å². The maximum absolute atomic E-state index is 12.9. The first-order valence-corrected chi connectivity index (χ1v) is 10.8. The quantitative estimate of drug-likeness (QED) is 0.565. The van der Waals surface area contributed by atoms with Gasteiger partial charge in [-0.25, -0.2) is 4.98 Å². The van der Waals surface area contributed by atoms with Crippen LogP contribution in [-0.2, 0) is 11.3 Å². The van der Waals surface area contributed by atoms with Gasteiger partial charge in [0.05, 0.1) is 16.6 Å². The number of rotatable bonds is 7. The summed E-state index contributed by atoms with van der Waals surface area (Å²) in [6.45, 7) is 8.21. The van der Waals surface area contributed by atoms with E-state index in [4.69, 9.17) is 0 Å². The summed E-state index contributed by atoms with van der Waals surface area (Å²) in [7, 11) is 0. The van der Waals surface area contributed by atoms with Crippen molar-refractivity contribution in [1.82, 2.24) is 14.9 Å². The van der Waals surface area contributed by atoms with Crippen LogP contribution in [0, 0.1) is 20.8 Å². The Kier molecular flexibility index (Phi) is 6.66. The summed E-state index contributed by atoms with van der Waals surface area (Å²) in [5, 5.41) is 6.10. The SMILES string of the molecule is CCCCNC(=O)Cn1cnc2sc(C(=O)Nc3ccc(C)cc3C)c(C)c2c1=O. The second-order valence-corrected chi connectivity index (χ2v) is 8.39. The minimum atomic E-state index is -0.315. The fourth-order valence-electron chi connectivity index (χ4n) is 3.24. The highest BCUT2D eigenvalue weighted by Gasteiger charge is 2.20. The minimum absolute atomic E-state index is 0.0924. The standard InChI is InChI=1S/C22H26N4O3S/c1-5-6-9-23-17(27)11-26-12-24-21-18(22(26)29)15(4)19(30-21)20(28)25-16-8-7-13(2)10-14(16)3/h7-8,10,12H,5-6,9,11H2,1-4H3,(H,23,27)(H,25,28). The Hall–Kier alpha value is -3.00. The van der Waals surface area contributed by atoms with Crippen molar-refractivity contribution in [3.8, 4) is 0 Å². The number of amides is 2. The summed E-state index contributed by atoms with van der Waals surface area (Å²) in [6.07, 6.45) is 3.24. The molecule has 0 saturated heterocycles. The summed E-state index contributed by atoms with van der Waals surface area (Å²) in [5.41, 5.74) is 3.08. The van der Waals surface area contributed by atoms with Crippen LogP contribution in [0.15, 0.2) is 29.3 Å². The number of nitrogens with one attached hydrogen (secondary N) is 2. The monoisotopic (exact) mass is 426 g/mol. The molecule has 0 bridgehead atoms. The fraction of sp³-hybridized carbons (Fsp3) is 0.364. The van der Waals surface area contributed by atoms with Gasteiger partial charge in [0.1, 0.15) is 11.4 Å². The molecule has 1 aromatic carbocycles. The van der Waals surface area contributed by atoms with Crippen molar-refractivity contribution in [2.24, 2.45) is 0 Å². The zero-order valence-corrected chi connectivity index (χ0v) is 18.5. The molecular formula is C22H26N4O3S. The largest absolute Gasteiger partial charge is 0.355 e. The molecule has 3 aromatic rings. The topological polar surface area (TPSA) is 93.1 Å². The molecule has 0 radical (unpaired) electrons. The van der Waals surface area contributed by atoms with E-state index in [2.05, 4.69) is 15.6 Å². The first-order valence-electron chi connectivity index (χ1n) is 9.95. The Bertz CT molecular complexity index is 1160. The number of carbonyl (C=O) groups excluding carboxylic acids is 2. The Labute approximate surface area is 179 Å². The van der Waals surface area contributed by atoms with E-state index in [1.165, 1.54) is 22.2 Å². The summed E-state index contributed by atoms with van der Waals surface area (Å²) in [6, 6.07) is 5.80. The molecule has 158 valence electrons. The number of aryl methyl sites for hydroxylation is 3. The lowest BCUT2D eigenvalue weighted by molar-refractivity contribution is -0.121. The average Bonchev–Trinajstić information content (AvgIpc) is 3.04. The summed E-state index contributed by atoms with van der Waals surface area (Å²) >= 11 is 1.18. The molecule has 0 saturated carbocycles. The van der Waals surface area contributed by atoms with Crippen LogP contribution in [0.1, 0.15) is 46.1 Å². The van der Waals surface area contributed by atoms with Gasteiger partial charge in [-0.05, 0) is 44.4 Å². The molecule has 0 aliphatic carbocycles. The summed E-state index contributed by atoms with van der Waals surface area (Å²) < 4.78 is 1.29. The van der Waals surface area contributed by atoms with Crippen molar-refractivity contribution in [3.05, 3.63) is 56.4 Å². The van der Waals surface area contributed by atoms with Crippen LogP contribution >= 0.6 is 11.3 Å². The van der Waals surface area contributed by atoms with Crippen LogP contribution in [0.5, 0.6) is 0 Å². The Morgan fingerprint density at radius 1 is 1.20 bits per heavy atom. The van der Waals surface area contributed by atoms with Crippen molar-refractivity contribution in [2.75, 3.05) is 11.9 Å². The van der Waals surface area contributed by atoms with Gasteiger partial charge in [0.2, 0.25) is 5.91 Å². The van der Waals surface area contributed by atoms with Crippen molar-refractivity contribution < 1.29 is 9.59 Å². The lowest BCUT2D eigenvalue weighted by Gasteiger charge is -2.08. The number of benzene rings is 1. The van der Waals surface area contributed by atoms with Gasteiger partial charge in [-0.3, -0.25) is 19.0 Å². The fourth-order valence-corrected chi connectivity index (χ4v) is 4.27. The van der Waals surface area contributed by atoms with Gasteiger partial charge in [-0.1, -0.05) is 31.0 Å². The molecule has 0 atom stereocenters. The van der Waals surface area contributed by atoms with E-state index in [0.717, 1.165) is 29.7 Å². The van der Waals surface area contributed by atoms with Crippen LogP contribution in [0.25, 0.3) is 10.2 Å². The van der Waals surface area contributed by atoms with E-state index in [1.807, 2.05) is 39.0 Å². The molecule has 2 amide bonds. The number of hydrogen-bond donors (Lipinski definition) is 2. The smallest absolute Gasteiger partial charge is 0.266 e. The number of carbonyl (C=O) groups is 2. The van der Waals surface area contributed by atoms with Gasteiger partial charge in [-0.15, -0.1) is 11.3 Å². The van der Waals surface area contributed by atoms with Gasteiger partial charge in [-0.2, -0.15) is 0 Å². The van der Waals surface area contributed by atoms with Crippen molar-refractivity contribution >= 4 is 39.1 Å². The lowest BCUT2D eigenvalue weighted by atomic mass is 10.1. The highest BCUT2D eigenvalue weighted by Crippen LogP contribution is 2.28. The molecule has 7 nitrogen and oxygen atoms in total. The molecule has 0 unspecified atom stereocenters. The summed E-state index contributed by atoms with van der Waals surface area (Å²) in [4.78, 5) is 43.1. The van der Waals surface area contributed by atoms with E-state index in [9.17, 15) is 14.4 Å². The molecule has 0 aliphatic heterocycles. The molecule has 2 aromatic heterocycles. The Balaban J connectivity index is 1.86. The third-order valence-electron chi connectivity index (χ3n) is 4.92. The number of fused-ring (bicyclic) bond motifs is 1. The molecule has 30 heavy (non-hydrogen) atoms. The zero-order chi connectivity index (χ0) is 21.8. The van der Waals surface area contributed by atoms with Crippen molar-refractivity contribution in [3.63, 3.8) is 0 Å². The maximum Gasteiger partial charge on any atom is 0.266 e. The number of hydrogen-bond acceptors (Lipinski definition) is 5. The normalized spacial score (nSPS) is 10.9. The highest BCUT2D eigenvalue weighted by atomic mass is 32.1. The molecule has 2 heterocycles. The lowest BCUT2D eigenvalue weighted by Crippen LogP contribution is -2.32. The van der Waals surface area contributed by atoms with Crippen LogP contribution in [0.4, 0.5) is 5.69 Å². The van der Waals surface area contributed by atoms with Crippen LogP contribution in [-0.4, -0.2) is 27.9 Å². The van der Waals surface area contributed by atoms with Gasteiger partial charge in [0.25, 0.3) is 11.5 Å². The number of thiophene rings is 1. The van der Waals surface area contributed by atoms with Gasteiger partial charge >= 0.3 is 0 Å². The molecule has 0 spiro atoms. The average molecular weight is 427 g/mol. The van der Waals surface area contributed by atoms with E-state index in [1.54, 1.807) is 6.92 Å². The molecule has 0 fully saturated rings. The molecule has 2 N–H and O–H groups in total. The molecule has 8 heteroatoms. The van der Waals surface area contributed by atoms with E-state index >= 15 is 0 Å². The van der Waals surface area contributed by atoms with Crippen LogP contribution < -0.4 is 16.2 Å². The molecule has 3 rings (SSSR count). The molecular weight excluding hydrogens is 400 g/mol. The number of aromatic nitrogens is 2. The zero-order valence-electron chi connectivity index (χ0n) is 17.7. The summed E-state index contributed by atoms with van der Waals surface area (Å²) in [5.74, 6) is -0.502. The minimum Gasteiger partial charge on any atom is -0.355 e. The second-order valence-electron chi connectivity index (χ2n) is 7.39. The number of unbranched alkanes of at least 4 members (excludes halogenated alkanes) is 1. The van der Waals surface area contributed by atoms with E-state index < -0.39 is 0 Å². The molecule has 0 aliphatic rings. The first-order chi connectivity index (χ1) is 14.3. The van der Waals surface area contributed by atoms with Gasteiger partial charge in [0.15, 0.2) is 0 Å². The second kappa shape index (κ2) is 9.21. The predicted molar refractivity (Wildman–Crippen MR) is 120 cm³/mol. The third kappa shape index (κ3) is 4.59. The highest BCUT2D eigenvalue weighted by molar-refractivity contribution is 7.20. The van der Waals surface area contributed by atoms with Gasteiger partial charge < -0.3 is 10.6 Å². The third-order valence-corrected chi connectivity index (χ3v) is 6.12. The predicted octanol–water partition coefficient (Wildman–Crippen LogP) is 3.55. The maximum atomic E-state index is 12.9.